The van der Waals surface area contributed by atoms with Crippen LogP contribution in [0.15, 0.2) is 54.6 Å². The van der Waals surface area contributed by atoms with Gasteiger partial charge >= 0.3 is 12.1 Å². The van der Waals surface area contributed by atoms with Crippen LogP contribution >= 0.6 is 0 Å². The van der Waals surface area contributed by atoms with Gasteiger partial charge in [-0.05, 0) is 44.0 Å². The maximum atomic E-state index is 12.7. The summed E-state index contributed by atoms with van der Waals surface area (Å²) < 4.78 is 10.4. The number of hydrogen-bond acceptors (Lipinski definition) is 6. The van der Waals surface area contributed by atoms with E-state index in [-0.39, 0.29) is 25.3 Å². The fourth-order valence-corrected chi connectivity index (χ4v) is 2.60. The van der Waals surface area contributed by atoms with E-state index in [0.717, 1.165) is 5.56 Å². The Kier molecular flexibility index (Phi) is 8.43. The summed E-state index contributed by atoms with van der Waals surface area (Å²) in [6.07, 6.45) is -0.609. The number of hydrogen-bond donors (Lipinski definition) is 3. The van der Waals surface area contributed by atoms with Crippen LogP contribution in [0.25, 0.3) is 0 Å². The van der Waals surface area contributed by atoms with Crippen molar-refractivity contribution in [3.63, 3.8) is 0 Å². The summed E-state index contributed by atoms with van der Waals surface area (Å²) in [5.74, 6) is -1.07. The first-order valence-corrected chi connectivity index (χ1v) is 9.87. The summed E-state index contributed by atoms with van der Waals surface area (Å²) >= 11 is 0. The average molecular weight is 428 g/mol. The van der Waals surface area contributed by atoms with Crippen LogP contribution in [0, 0.1) is 0 Å². The summed E-state index contributed by atoms with van der Waals surface area (Å²) in [6, 6.07) is 14.4. The molecule has 31 heavy (non-hydrogen) atoms. The number of alkyl carbamates (subject to hydrolysis) is 1. The number of rotatable bonds is 8. The lowest BCUT2D eigenvalue weighted by molar-refractivity contribution is -0.145. The SMILES string of the molecule is CC(C)(C)OC(=O)N[C@@H](Cc1ccc(O)cc1)C(=O)NCC(=O)OCc1ccccc1. The lowest BCUT2D eigenvalue weighted by atomic mass is 10.1. The summed E-state index contributed by atoms with van der Waals surface area (Å²) in [6.45, 7) is 4.90. The molecule has 0 radical (unpaired) electrons. The molecule has 0 aliphatic rings. The molecule has 0 aliphatic carbocycles. The molecule has 3 N–H and O–H groups in total. The van der Waals surface area contributed by atoms with Gasteiger partial charge in [-0.3, -0.25) is 9.59 Å². The van der Waals surface area contributed by atoms with Gasteiger partial charge in [0, 0.05) is 6.42 Å². The highest BCUT2D eigenvalue weighted by Gasteiger charge is 2.25. The monoisotopic (exact) mass is 428 g/mol. The van der Waals surface area contributed by atoms with Crippen LogP contribution in [0.5, 0.6) is 5.75 Å². The van der Waals surface area contributed by atoms with Crippen LogP contribution in [0.1, 0.15) is 31.9 Å². The molecule has 0 aliphatic heterocycles. The number of nitrogens with one attached hydrogen (secondary N) is 2. The second-order valence-corrected chi connectivity index (χ2v) is 7.93. The van der Waals surface area contributed by atoms with E-state index in [4.69, 9.17) is 9.47 Å². The van der Waals surface area contributed by atoms with Crippen molar-refractivity contribution in [1.82, 2.24) is 10.6 Å². The van der Waals surface area contributed by atoms with E-state index in [1.165, 1.54) is 12.1 Å². The third-order valence-electron chi connectivity index (χ3n) is 4.03. The molecule has 2 amide bonds. The normalized spacial score (nSPS) is 11.8. The van der Waals surface area contributed by atoms with Crippen molar-refractivity contribution in [1.29, 1.82) is 0 Å². The Morgan fingerprint density at radius 1 is 0.968 bits per heavy atom. The van der Waals surface area contributed by atoms with Gasteiger partial charge in [-0.1, -0.05) is 42.5 Å². The quantitative estimate of drug-likeness (QED) is 0.557. The minimum Gasteiger partial charge on any atom is -0.508 e. The van der Waals surface area contributed by atoms with Crippen LogP contribution < -0.4 is 10.6 Å². The number of amides is 2. The second-order valence-electron chi connectivity index (χ2n) is 7.93. The molecule has 0 unspecified atom stereocenters. The van der Waals surface area contributed by atoms with Crippen LogP contribution in [-0.2, 0) is 32.1 Å². The average Bonchev–Trinajstić information content (AvgIpc) is 2.71. The van der Waals surface area contributed by atoms with Gasteiger partial charge in [0.25, 0.3) is 0 Å². The molecule has 2 aromatic rings. The largest absolute Gasteiger partial charge is 0.508 e. The number of esters is 1. The van der Waals surface area contributed by atoms with Gasteiger partial charge < -0.3 is 25.2 Å². The van der Waals surface area contributed by atoms with Crippen molar-refractivity contribution in [2.75, 3.05) is 6.54 Å². The van der Waals surface area contributed by atoms with Crippen molar-refractivity contribution in [3.05, 3.63) is 65.7 Å². The highest BCUT2D eigenvalue weighted by molar-refractivity contribution is 5.88. The predicted molar refractivity (Wildman–Crippen MR) is 114 cm³/mol. The number of carbonyl (C=O) groups excluding carboxylic acids is 3. The first kappa shape index (κ1) is 23.7. The Hall–Kier alpha value is -3.55. The van der Waals surface area contributed by atoms with Gasteiger partial charge in [-0.2, -0.15) is 0 Å². The first-order valence-electron chi connectivity index (χ1n) is 9.87. The molecular formula is C23H28N2O6. The number of carbonyl (C=O) groups is 3. The molecule has 166 valence electrons. The summed E-state index contributed by atoms with van der Waals surface area (Å²) in [4.78, 5) is 36.8. The Labute approximate surface area is 181 Å². The molecule has 0 saturated heterocycles. The van der Waals surface area contributed by atoms with Crippen molar-refractivity contribution in [2.45, 2.75) is 45.4 Å². The predicted octanol–water partition coefficient (Wildman–Crippen LogP) is 2.69. The molecule has 8 nitrogen and oxygen atoms in total. The summed E-state index contributed by atoms with van der Waals surface area (Å²) in [5, 5.41) is 14.4. The third-order valence-corrected chi connectivity index (χ3v) is 4.03. The molecular weight excluding hydrogens is 400 g/mol. The van der Waals surface area contributed by atoms with Gasteiger partial charge in [0.1, 0.15) is 30.5 Å². The van der Waals surface area contributed by atoms with Gasteiger partial charge in [-0.15, -0.1) is 0 Å². The van der Waals surface area contributed by atoms with E-state index < -0.39 is 29.6 Å². The van der Waals surface area contributed by atoms with Crippen LogP contribution in [-0.4, -0.2) is 41.3 Å². The molecule has 8 heteroatoms. The van der Waals surface area contributed by atoms with E-state index in [1.807, 2.05) is 30.3 Å². The standard InChI is InChI=1S/C23H28N2O6/c1-23(2,3)31-22(29)25-19(13-16-9-11-18(26)12-10-16)21(28)24-14-20(27)30-15-17-7-5-4-6-8-17/h4-12,19,26H,13-15H2,1-3H3,(H,24,28)(H,25,29)/t19-/m0/s1. The van der Waals surface area contributed by atoms with Gasteiger partial charge in [-0.25, -0.2) is 4.79 Å². The van der Waals surface area contributed by atoms with Gasteiger partial charge in [0.15, 0.2) is 0 Å². The fourth-order valence-electron chi connectivity index (χ4n) is 2.60. The molecule has 1 atom stereocenters. The Bertz CT molecular complexity index is 875. The highest BCUT2D eigenvalue weighted by atomic mass is 16.6. The first-order chi connectivity index (χ1) is 14.6. The lowest BCUT2D eigenvalue weighted by Crippen LogP contribution is -2.50. The third kappa shape index (κ3) is 9.20. The summed E-state index contributed by atoms with van der Waals surface area (Å²) in [7, 11) is 0. The molecule has 0 aromatic heterocycles. The van der Waals surface area contributed by atoms with E-state index >= 15 is 0 Å². The zero-order chi connectivity index (χ0) is 22.9. The maximum Gasteiger partial charge on any atom is 0.408 e. The van der Waals surface area contributed by atoms with E-state index in [1.54, 1.807) is 32.9 Å². The molecule has 0 bridgehead atoms. The molecule has 2 aromatic carbocycles. The molecule has 0 heterocycles. The smallest absolute Gasteiger partial charge is 0.408 e. The number of phenolic OH excluding ortho intramolecular Hbond substituents is 1. The number of ether oxygens (including phenoxy) is 2. The fraction of sp³-hybridized carbons (Fsp3) is 0.348. The van der Waals surface area contributed by atoms with Crippen molar-refractivity contribution in [2.24, 2.45) is 0 Å². The summed E-state index contributed by atoms with van der Waals surface area (Å²) in [5.41, 5.74) is 0.810. The molecule has 0 saturated carbocycles. The Morgan fingerprint density at radius 2 is 1.61 bits per heavy atom. The van der Waals surface area contributed by atoms with Gasteiger partial charge in [0.2, 0.25) is 5.91 Å². The Morgan fingerprint density at radius 3 is 2.23 bits per heavy atom. The van der Waals surface area contributed by atoms with E-state index in [0.29, 0.717) is 5.56 Å². The highest BCUT2D eigenvalue weighted by Crippen LogP contribution is 2.12. The van der Waals surface area contributed by atoms with Crippen LogP contribution in [0.3, 0.4) is 0 Å². The minimum atomic E-state index is -0.985. The van der Waals surface area contributed by atoms with Crippen molar-refractivity contribution >= 4 is 18.0 Å². The maximum absolute atomic E-state index is 12.7. The Balaban J connectivity index is 1.94. The minimum absolute atomic E-state index is 0.0889. The molecule has 2 rings (SSSR count). The second kappa shape index (κ2) is 11.0. The zero-order valence-corrected chi connectivity index (χ0v) is 17.9. The van der Waals surface area contributed by atoms with E-state index in [2.05, 4.69) is 10.6 Å². The van der Waals surface area contributed by atoms with Gasteiger partial charge in [0.05, 0.1) is 0 Å². The van der Waals surface area contributed by atoms with Crippen LogP contribution in [0.4, 0.5) is 4.79 Å². The van der Waals surface area contributed by atoms with E-state index in [9.17, 15) is 19.5 Å². The molecule has 0 spiro atoms. The zero-order valence-electron chi connectivity index (χ0n) is 17.9. The van der Waals surface area contributed by atoms with Crippen molar-refractivity contribution < 1.29 is 29.0 Å². The topological polar surface area (TPSA) is 114 Å². The number of benzene rings is 2. The molecule has 0 fully saturated rings. The number of aromatic hydroxyl groups is 1. The van der Waals surface area contributed by atoms with Crippen LogP contribution in [0.2, 0.25) is 0 Å². The number of phenols is 1. The van der Waals surface area contributed by atoms with Crippen molar-refractivity contribution in [3.8, 4) is 5.75 Å². The lowest BCUT2D eigenvalue weighted by Gasteiger charge is -2.23.